The van der Waals surface area contributed by atoms with Crippen LogP contribution in [0.25, 0.3) is 0 Å². The molecule has 0 aliphatic rings. The maximum Gasteiger partial charge on any atom is 0.428 e. The Hall–Kier alpha value is -1.12. The lowest BCUT2D eigenvalue weighted by Gasteiger charge is -2.10. The molecule has 0 N–H and O–H groups in total. The molecule has 94 valence electrons. The molecule has 0 radical (unpaired) electrons. The van der Waals surface area contributed by atoms with Crippen LogP contribution in [0.4, 0.5) is 13.2 Å². The maximum atomic E-state index is 12.6. The highest BCUT2D eigenvalue weighted by atomic mass is 19.4. The third-order valence-corrected chi connectivity index (χ3v) is 2.70. The molecule has 0 aromatic heterocycles. The van der Waals surface area contributed by atoms with Gasteiger partial charge in [0.05, 0.1) is 6.07 Å². The van der Waals surface area contributed by atoms with Crippen LogP contribution in [0, 0.1) is 5.92 Å². The van der Waals surface area contributed by atoms with Crippen LogP contribution in [0.2, 0.25) is 0 Å². The quantitative estimate of drug-likeness (QED) is 0.621. The van der Waals surface area contributed by atoms with E-state index in [0.717, 1.165) is 43.2 Å². The van der Waals surface area contributed by atoms with Crippen LogP contribution in [0.15, 0.2) is 24.3 Å². The minimum absolute atomic E-state index is 0.556. The average molecular weight is 243 g/mol. The van der Waals surface area contributed by atoms with Crippen molar-refractivity contribution < 1.29 is 13.2 Å². The number of benzene rings is 1. The van der Waals surface area contributed by atoms with Crippen molar-refractivity contribution in [3.8, 4) is 0 Å². The third kappa shape index (κ3) is 3.99. The molecule has 0 heterocycles. The summed E-state index contributed by atoms with van der Waals surface area (Å²) in [6.45, 7) is 4.09. The molecule has 1 aromatic rings. The molecule has 1 rings (SSSR count). The SMILES string of the molecule is CCC[C+](CCC)c1cccc(C(F)(F)F)c1. The zero-order valence-corrected chi connectivity index (χ0v) is 10.3. The fourth-order valence-corrected chi connectivity index (χ4v) is 1.93. The van der Waals surface area contributed by atoms with Crippen LogP contribution in [-0.2, 0) is 6.18 Å². The molecule has 17 heavy (non-hydrogen) atoms. The molecule has 0 bridgehead atoms. The second-order valence-corrected chi connectivity index (χ2v) is 4.18. The highest BCUT2D eigenvalue weighted by Crippen LogP contribution is 2.33. The lowest BCUT2D eigenvalue weighted by Crippen LogP contribution is -2.07. The summed E-state index contributed by atoms with van der Waals surface area (Å²) in [5.74, 6) is 1.13. The Morgan fingerprint density at radius 2 is 1.65 bits per heavy atom. The summed E-state index contributed by atoms with van der Waals surface area (Å²) in [4.78, 5) is 0. The highest BCUT2D eigenvalue weighted by molar-refractivity contribution is 5.35. The number of hydrogen-bond acceptors (Lipinski definition) is 0. The first-order chi connectivity index (χ1) is 7.99. The van der Waals surface area contributed by atoms with E-state index < -0.39 is 11.7 Å². The van der Waals surface area contributed by atoms with E-state index in [-0.39, 0.29) is 0 Å². The Labute approximate surface area is 101 Å². The van der Waals surface area contributed by atoms with Gasteiger partial charge in [-0.2, -0.15) is 13.2 Å². The first-order valence-electron chi connectivity index (χ1n) is 6.01. The van der Waals surface area contributed by atoms with E-state index in [2.05, 4.69) is 0 Å². The predicted octanol–water partition coefficient (Wildman–Crippen LogP) is 5.23. The molecule has 0 saturated heterocycles. The molecule has 0 fully saturated rings. The van der Waals surface area contributed by atoms with E-state index in [1.165, 1.54) is 12.1 Å². The van der Waals surface area contributed by atoms with Gasteiger partial charge in [0.25, 0.3) is 0 Å². The molecule has 0 spiro atoms. The lowest BCUT2D eigenvalue weighted by molar-refractivity contribution is -0.137. The van der Waals surface area contributed by atoms with E-state index in [1.54, 1.807) is 6.07 Å². The first-order valence-corrected chi connectivity index (χ1v) is 6.01. The second kappa shape index (κ2) is 5.99. The summed E-state index contributed by atoms with van der Waals surface area (Å²) in [5.41, 5.74) is 0.184. The van der Waals surface area contributed by atoms with Crippen LogP contribution in [0.5, 0.6) is 0 Å². The normalized spacial score (nSPS) is 11.6. The smallest absolute Gasteiger partial charge is 0.165 e. The maximum absolute atomic E-state index is 12.6. The van der Waals surface area contributed by atoms with Crippen molar-refractivity contribution in [1.82, 2.24) is 0 Å². The Morgan fingerprint density at radius 1 is 1.06 bits per heavy atom. The van der Waals surface area contributed by atoms with Crippen LogP contribution >= 0.6 is 0 Å². The van der Waals surface area contributed by atoms with Gasteiger partial charge in [0.2, 0.25) is 0 Å². The van der Waals surface area contributed by atoms with E-state index in [0.29, 0.717) is 0 Å². The van der Waals surface area contributed by atoms with E-state index in [4.69, 9.17) is 0 Å². The molecule has 0 nitrogen and oxygen atoms in total. The van der Waals surface area contributed by atoms with Crippen molar-refractivity contribution in [3.63, 3.8) is 0 Å². The van der Waals surface area contributed by atoms with Gasteiger partial charge in [-0.3, -0.25) is 0 Å². The Balaban J connectivity index is 2.95. The molecule has 0 saturated carbocycles. The van der Waals surface area contributed by atoms with Crippen LogP contribution in [0.1, 0.15) is 50.7 Å². The Morgan fingerprint density at radius 3 is 2.12 bits per heavy atom. The van der Waals surface area contributed by atoms with Crippen molar-refractivity contribution in [3.05, 3.63) is 41.3 Å². The molecular weight excluding hydrogens is 225 g/mol. The molecule has 1 aromatic carbocycles. The molecule has 0 atom stereocenters. The van der Waals surface area contributed by atoms with Gasteiger partial charge in [-0.1, -0.05) is 13.8 Å². The summed E-state index contributed by atoms with van der Waals surface area (Å²) >= 11 is 0. The Bertz CT molecular complexity index is 336. The van der Waals surface area contributed by atoms with Crippen molar-refractivity contribution in [2.24, 2.45) is 0 Å². The largest absolute Gasteiger partial charge is 0.428 e. The van der Waals surface area contributed by atoms with Crippen LogP contribution < -0.4 is 0 Å². The highest BCUT2D eigenvalue weighted by Gasteiger charge is 2.34. The minimum atomic E-state index is -4.25. The number of hydrogen-bond donors (Lipinski definition) is 0. The van der Waals surface area contributed by atoms with Crippen LogP contribution in [-0.4, -0.2) is 0 Å². The van der Waals surface area contributed by atoms with Gasteiger partial charge >= 0.3 is 6.18 Å². The topological polar surface area (TPSA) is 0 Å². The van der Waals surface area contributed by atoms with Gasteiger partial charge in [-0.15, -0.1) is 0 Å². The number of alkyl halides is 3. The molecule has 3 heteroatoms. The van der Waals surface area contributed by atoms with Gasteiger partial charge in [-0.05, 0) is 25.0 Å². The average Bonchev–Trinajstić information content (AvgIpc) is 2.28. The molecular formula is C14H18F3+. The summed E-state index contributed by atoms with van der Waals surface area (Å²) < 4.78 is 37.8. The molecule has 0 amide bonds. The molecule has 0 aliphatic heterocycles. The van der Waals surface area contributed by atoms with Gasteiger partial charge < -0.3 is 0 Å². The van der Waals surface area contributed by atoms with Gasteiger partial charge in [-0.25, -0.2) is 0 Å². The van der Waals surface area contributed by atoms with Gasteiger partial charge in [0, 0.05) is 24.8 Å². The first kappa shape index (κ1) is 13.9. The van der Waals surface area contributed by atoms with Crippen molar-refractivity contribution in [2.45, 2.75) is 45.7 Å². The van der Waals surface area contributed by atoms with E-state index in [1.807, 2.05) is 13.8 Å². The third-order valence-electron chi connectivity index (χ3n) is 2.70. The Kier molecular flexibility index (Phi) is 4.91. The number of rotatable bonds is 5. The van der Waals surface area contributed by atoms with Crippen molar-refractivity contribution >= 4 is 0 Å². The van der Waals surface area contributed by atoms with Gasteiger partial charge in [0.1, 0.15) is 11.1 Å². The molecule has 0 unspecified atom stereocenters. The predicted molar refractivity (Wildman–Crippen MR) is 63.6 cm³/mol. The zero-order chi connectivity index (χ0) is 12.9. The lowest BCUT2D eigenvalue weighted by atomic mass is 9.89. The number of halogens is 3. The fraction of sp³-hybridized carbons (Fsp3) is 0.500. The van der Waals surface area contributed by atoms with Crippen molar-refractivity contribution in [2.75, 3.05) is 0 Å². The summed E-state index contributed by atoms with van der Waals surface area (Å²) in [7, 11) is 0. The van der Waals surface area contributed by atoms with Crippen molar-refractivity contribution in [1.29, 1.82) is 0 Å². The zero-order valence-electron chi connectivity index (χ0n) is 10.3. The van der Waals surface area contributed by atoms with E-state index in [9.17, 15) is 13.2 Å². The van der Waals surface area contributed by atoms with Crippen LogP contribution in [0.3, 0.4) is 0 Å². The molecule has 0 aliphatic carbocycles. The summed E-state index contributed by atoms with van der Waals surface area (Å²) in [6, 6.07) is 5.65. The monoisotopic (exact) mass is 243 g/mol. The fourth-order valence-electron chi connectivity index (χ4n) is 1.93. The summed E-state index contributed by atoms with van der Waals surface area (Å²) in [6.07, 6.45) is -0.582. The minimum Gasteiger partial charge on any atom is -0.165 e. The second-order valence-electron chi connectivity index (χ2n) is 4.18. The van der Waals surface area contributed by atoms with Gasteiger partial charge in [0.15, 0.2) is 0 Å². The van der Waals surface area contributed by atoms with E-state index >= 15 is 0 Å². The summed E-state index contributed by atoms with van der Waals surface area (Å²) in [5, 5.41) is 0. The standard InChI is InChI=1S/C14H18F3/c1-3-6-11(7-4-2)12-8-5-9-13(10-12)14(15,16)17/h5,8-10H,3-4,6-7H2,1-2H3/q+1.